The molecule has 1 aliphatic carbocycles. The van der Waals surface area contributed by atoms with E-state index in [4.69, 9.17) is 9.47 Å². The molecule has 0 atom stereocenters. The molecule has 0 N–H and O–H groups in total. The lowest BCUT2D eigenvalue weighted by Crippen LogP contribution is -1.92. The molecule has 0 aromatic heterocycles. The monoisotopic (exact) mass is 312 g/mol. The molecule has 0 aliphatic heterocycles. The van der Waals surface area contributed by atoms with Gasteiger partial charge in [0.2, 0.25) is 0 Å². The molecule has 0 spiro atoms. The molecule has 5 rings (SSSR count). The Labute approximate surface area is 140 Å². The van der Waals surface area contributed by atoms with Crippen LogP contribution in [0.5, 0.6) is 11.5 Å². The smallest absolute Gasteiger partial charge is 0.168 e. The first-order valence-corrected chi connectivity index (χ1v) is 8.03. The lowest BCUT2D eigenvalue weighted by molar-refractivity contribution is 0.358. The van der Waals surface area contributed by atoms with E-state index in [-0.39, 0.29) is 0 Å². The van der Waals surface area contributed by atoms with Gasteiger partial charge < -0.3 is 9.47 Å². The highest BCUT2D eigenvalue weighted by molar-refractivity contribution is 6.24. The Morgan fingerprint density at radius 3 is 2.08 bits per heavy atom. The highest BCUT2D eigenvalue weighted by atomic mass is 16.5. The minimum atomic E-state index is 0.763. The van der Waals surface area contributed by atoms with E-state index in [0.717, 1.165) is 16.9 Å². The number of ether oxygens (including phenoxy) is 2. The molecule has 0 saturated carbocycles. The Morgan fingerprint density at radius 1 is 0.583 bits per heavy atom. The third-order valence-corrected chi connectivity index (χ3v) is 5.00. The Morgan fingerprint density at radius 2 is 1.33 bits per heavy atom. The maximum absolute atomic E-state index is 5.68. The molecule has 0 unspecified atom stereocenters. The van der Waals surface area contributed by atoms with Crippen molar-refractivity contribution in [1.29, 1.82) is 0 Å². The van der Waals surface area contributed by atoms with E-state index < -0.39 is 0 Å². The van der Waals surface area contributed by atoms with Gasteiger partial charge in [0.1, 0.15) is 0 Å². The van der Waals surface area contributed by atoms with Crippen molar-refractivity contribution in [2.75, 3.05) is 14.2 Å². The van der Waals surface area contributed by atoms with Crippen molar-refractivity contribution in [3.63, 3.8) is 0 Å². The average molecular weight is 312 g/mol. The Hall–Kier alpha value is -3.00. The van der Waals surface area contributed by atoms with Gasteiger partial charge in [-0.1, -0.05) is 42.5 Å². The zero-order valence-electron chi connectivity index (χ0n) is 13.6. The molecule has 0 fully saturated rings. The number of hydrogen-bond acceptors (Lipinski definition) is 2. The quantitative estimate of drug-likeness (QED) is 0.392. The summed E-state index contributed by atoms with van der Waals surface area (Å²) < 4.78 is 11.2. The molecule has 24 heavy (non-hydrogen) atoms. The maximum atomic E-state index is 5.68. The maximum Gasteiger partial charge on any atom is 0.168 e. The van der Waals surface area contributed by atoms with Crippen LogP contribution in [0, 0.1) is 0 Å². The van der Waals surface area contributed by atoms with E-state index in [0.29, 0.717) is 0 Å². The first-order valence-electron chi connectivity index (χ1n) is 8.03. The summed E-state index contributed by atoms with van der Waals surface area (Å²) >= 11 is 0. The molecule has 0 radical (unpaired) electrons. The largest absolute Gasteiger partial charge is 0.493 e. The van der Waals surface area contributed by atoms with E-state index in [9.17, 15) is 0 Å². The van der Waals surface area contributed by atoms with E-state index in [1.54, 1.807) is 14.2 Å². The standard InChI is InChI=1S/C22H16O2/c1-23-20-11-10-15-17-9-5-8-16-13-6-3-4-7-14(13)18(21(16)17)12-19(15)22(20)24-2/h3-12H,1-2H3. The fourth-order valence-corrected chi connectivity index (χ4v) is 4.00. The van der Waals surface area contributed by atoms with E-state index in [2.05, 4.69) is 54.6 Å². The molecule has 0 bridgehead atoms. The molecule has 2 nitrogen and oxygen atoms in total. The van der Waals surface area contributed by atoms with Gasteiger partial charge >= 0.3 is 0 Å². The van der Waals surface area contributed by atoms with Crippen LogP contribution < -0.4 is 9.47 Å². The molecule has 0 saturated heterocycles. The Kier molecular flexibility index (Phi) is 2.66. The van der Waals surface area contributed by atoms with Gasteiger partial charge in [-0.05, 0) is 56.6 Å². The van der Waals surface area contributed by atoms with E-state index in [1.807, 2.05) is 6.07 Å². The van der Waals surface area contributed by atoms with Crippen LogP contribution in [0.2, 0.25) is 0 Å². The molecule has 4 aromatic rings. The Balaban J connectivity index is 2.03. The summed E-state index contributed by atoms with van der Waals surface area (Å²) in [5.41, 5.74) is 5.18. The second kappa shape index (κ2) is 4.75. The molecule has 116 valence electrons. The van der Waals surface area contributed by atoms with Gasteiger partial charge in [-0.2, -0.15) is 0 Å². The van der Waals surface area contributed by atoms with Crippen LogP contribution in [0.25, 0.3) is 43.8 Å². The summed E-state index contributed by atoms with van der Waals surface area (Å²) in [7, 11) is 3.38. The fourth-order valence-electron chi connectivity index (χ4n) is 4.00. The third-order valence-electron chi connectivity index (χ3n) is 5.00. The number of benzene rings is 4. The van der Waals surface area contributed by atoms with Crippen LogP contribution in [0.15, 0.2) is 60.7 Å². The van der Waals surface area contributed by atoms with Crippen molar-refractivity contribution in [2.45, 2.75) is 0 Å². The summed E-state index contributed by atoms with van der Waals surface area (Å²) in [5, 5.41) is 4.88. The zero-order valence-corrected chi connectivity index (χ0v) is 13.6. The lowest BCUT2D eigenvalue weighted by Gasteiger charge is -2.14. The summed E-state index contributed by atoms with van der Waals surface area (Å²) in [5.74, 6) is 1.56. The van der Waals surface area contributed by atoms with Gasteiger partial charge in [-0.25, -0.2) is 0 Å². The minimum Gasteiger partial charge on any atom is -0.493 e. The third kappa shape index (κ3) is 1.55. The van der Waals surface area contributed by atoms with Crippen LogP contribution in [0.3, 0.4) is 0 Å². The van der Waals surface area contributed by atoms with E-state index >= 15 is 0 Å². The molecule has 2 heteroatoms. The second-order valence-electron chi connectivity index (χ2n) is 6.09. The fraction of sp³-hybridized carbons (Fsp3) is 0.0909. The van der Waals surface area contributed by atoms with Crippen LogP contribution >= 0.6 is 0 Å². The number of hydrogen-bond donors (Lipinski definition) is 0. The highest BCUT2D eigenvalue weighted by Crippen LogP contribution is 2.51. The Bertz CT molecular complexity index is 1130. The first kappa shape index (κ1) is 13.4. The topological polar surface area (TPSA) is 18.5 Å². The van der Waals surface area contributed by atoms with Crippen molar-refractivity contribution in [3.05, 3.63) is 60.7 Å². The van der Waals surface area contributed by atoms with Crippen LogP contribution in [-0.2, 0) is 0 Å². The highest BCUT2D eigenvalue weighted by Gasteiger charge is 2.23. The van der Waals surface area contributed by atoms with Crippen LogP contribution in [0.1, 0.15) is 0 Å². The SMILES string of the molecule is COc1ccc2c(cc3c4c(cccc42)-c2ccccc2-3)c1OC. The molecule has 0 heterocycles. The van der Waals surface area contributed by atoms with Crippen LogP contribution in [-0.4, -0.2) is 14.2 Å². The normalized spacial score (nSPS) is 11.8. The van der Waals surface area contributed by atoms with Gasteiger partial charge in [0.15, 0.2) is 11.5 Å². The lowest BCUT2D eigenvalue weighted by atomic mass is 9.96. The minimum absolute atomic E-state index is 0.763. The summed E-state index contributed by atoms with van der Waals surface area (Å²) in [6.45, 7) is 0. The van der Waals surface area contributed by atoms with Crippen molar-refractivity contribution in [2.24, 2.45) is 0 Å². The van der Waals surface area contributed by atoms with Crippen molar-refractivity contribution < 1.29 is 9.47 Å². The predicted molar refractivity (Wildman–Crippen MR) is 99.0 cm³/mol. The zero-order chi connectivity index (χ0) is 16.3. The average Bonchev–Trinajstić information content (AvgIpc) is 2.96. The molecule has 4 aromatic carbocycles. The number of fused-ring (bicyclic) bond motifs is 5. The van der Waals surface area contributed by atoms with Crippen LogP contribution in [0.4, 0.5) is 0 Å². The van der Waals surface area contributed by atoms with Gasteiger partial charge in [0, 0.05) is 5.39 Å². The molecule has 0 amide bonds. The number of rotatable bonds is 2. The number of methoxy groups -OCH3 is 2. The van der Waals surface area contributed by atoms with Crippen molar-refractivity contribution >= 4 is 21.5 Å². The van der Waals surface area contributed by atoms with Gasteiger partial charge in [0.25, 0.3) is 0 Å². The van der Waals surface area contributed by atoms with Gasteiger partial charge in [0.05, 0.1) is 14.2 Å². The predicted octanol–water partition coefficient (Wildman–Crippen LogP) is 5.66. The summed E-state index contributed by atoms with van der Waals surface area (Å²) in [6, 6.07) is 21.5. The van der Waals surface area contributed by atoms with Gasteiger partial charge in [-0.15, -0.1) is 0 Å². The summed E-state index contributed by atoms with van der Waals surface area (Å²) in [4.78, 5) is 0. The first-order chi connectivity index (χ1) is 11.8. The molecule has 1 aliphatic rings. The second-order valence-corrected chi connectivity index (χ2v) is 6.09. The summed E-state index contributed by atoms with van der Waals surface area (Å²) in [6.07, 6.45) is 0. The van der Waals surface area contributed by atoms with Gasteiger partial charge in [-0.3, -0.25) is 0 Å². The molecular formula is C22H16O2. The van der Waals surface area contributed by atoms with E-state index in [1.165, 1.54) is 38.4 Å². The van der Waals surface area contributed by atoms with Crippen molar-refractivity contribution in [3.8, 4) is 33.8 Å². The van der Waals surface area contributed by atoms with Crippen molar-refractivity contribution in [1.82, 2.24) is 0 Å². The molecular weight excluding hydrogens is 296 g/mol.